The molecule has 0 saturated heterocycles. The fourth-order valence-electron chi connectivity index (χ4n) is 3.21. The highest BCUT2D eigenvalue weighted by atomic mass is 16.5. The van der Waals surface area contributed by atoms with Crippen molar-refractivity contribution in [2.75, 3.05) is 25.5 Å². The average molecular weight is 311 g/mol. The number of carbonyl (C=O) groups is 1. The van der Waals surface area contributed by atoms with Gasteiger partial charge in [0.05, 0.1) is 5.69 Å². The summed E-state index contributed by atoms with van der Waals surface area (Å²) < 4.78 is 5.34. The zero-order chi connectivity index (χ0) is 16.0. The van der Waals surface area contributed by atoms with Gasteiger partial charge in [0, 0.05) is 30.3 Å². The summed E-state index contributed by atoms with van der Waals surface area (Å²) >= 11 is 0. The Morgan fingerprint density at radius 2 is 2.09 bits per heavy atom. The second-order valence-electron chi connectivity index (χ2n) is 6.76. The van der Waals surface area contributed by atoms with E-state index < -0.39 is 0 Å². The first-order valence-corrected chi connectivity index (χ1v) is 8.16. The van der Waals surface area contributed by atoms with Gasteiger partial charge in [0.25, 0.3) is 5.91 Å². The van der Waals surface area contributed by atoms with Crippen LogP contribution in [-0.2, 0) is 6.42 Å². The van der Waals surface area contributed by atoms with Gasteiger partial charge < -0.3 is 14.3 Å². The van der Waals surface area contributed by atoms with Gasteiger partial charge in [-0.1, -0.05) is 23.4 Å². The molecule has 5 heteroatoms. The minimum absolute atomic E-state index is 0.0941. The van der Waals surface area contributed by atoms with Crippen molar-refractivity contribution in [1.29, 1.82) is 0 Å². The van der Waals surface area contributed by atoms with Crippen LogP contribution in [0.5, 0.6) is 0 Å². The SMILES string of the molecule is CN(C)C1Cc2ccccc2N(C(=O)c2cc(C3CC3)no2)C1. The number of fused-ring (bicyclic) bond motifs is 1. The summed E-state index contributed by atoms with van der Waals surface area (Å²) in [5.74, 6) is 0.743. The Labute approximate surface area is 135 Å². The first-order valence-electron chi connectivity index (χ1n) is 8.16. The van der Waals surface area contributed by atoms with E-state index in [4.69, 9.17) is 4.52 Å². The lowest BCUT2D eigenvalue weighted by atomic mass is 9.97. The molecule has 1 atom stereocenters. The fourth-order valence-corrected chi connectivity index (χ4v) is 3.21. The zero-order valence-electron chi connectivity index (χ0n) is 13.5. The molecule has 5 nitrogen and oxygen atoms in total. The van der Waals surface area contributed by atoms with Crippen LogP contribution in [0.2, 0.25) is 0 Å². The van der Waals surface area contributed by atoms with Crippen molar-refractivity contribution in [1.82, 2.24) is 10.1 Å². The summed E-state index contributed by atoms with van der Waals surface area (Å²) in [5, 5.41) is 4.07. The molecule has 23 heavy (non-hydrogen) atoms. The Hall–Kier alpha value is -2.14. The predicted molar refractivity (Wildman–Crippen MR) is 87.8 cm³/mol. The summed E-state index contributed by atoms with van der Waals surface area (Å²) in [6.07, 6.45) is 3.25. The number of hydrogen-bond acceptors (Lipinski definition) is 4. The number of hydrogen-bond donors (Lipinski definition) is 0. The molecule has 2 heterocycles. The molecular formula is C18H21N3O2. The van der Waals surface area contributed by atoms with E-state index in [1.165, 1.54) is 5.56 Å². The van der Waals surface area contributed by atoms with Crippen LogP contribution in [0.15, 0.2) is 34.9 Å². The van der Waals surface area contributed by atoms with Crippen molar-refractivity contribution in [2.45, 2.75) is 31.2 Å². The summed E-state index contributed by atoms with van der Waals surface area (Å²) in [6.45, 7) is 0.669. The highest BCUT2D eigenvalue weighted by Crippen LogP contribution is 2.39. The third-order valence-electron chi connectivity index (χ3n) is 4.84. The maximum absolute atomic E-state index is 13.0. The normalized spacial score (nSPS) is 20.7. The molecular weight excluding hydrogens is 290 g/mol. The molecule has 1 aromatic carbocycles. The number of likely N-dealkylation sites (N-methyl/N-ethyl adjacent to an activating group) is 1. The van der Waals surface area contributed by atoms with Gasteiger partial charge in [-0.2, -0.15) is 0 Å². The van der Waals surface area contributed by atoms with Crippen molar-refractivity contribution in [3.05, 3.63) is 47.3 Å². The average Bonchev–Trinajstić information content (AvgIpc) is 3.30. The molecule has 1 aliphatic heterocycles. The maximum Gasteiger partial charge on any atom is 0.296 e. The largest absolute Gasteiger partial charge is 0.351 e. The second-order valence-corrected chi connectivity index (χ2v) is 6.76. The number of rotatable bonds is 3. The van der Waals surface area contributed by atoms with Crippen LogP contribution in [0.25, 0.3) is 0 Å². The highest BCUT2D eigenvalue weighted by molar-refractivity contribution is 6.05. The second kappa shape index (κ2) is 5.49. The number of benzene rings is 1. The van der Waals surface area contributed by atoms with Crippen LogP contribution in [0.3, 0.4) is 0 Å². The van der Waals surface area contributed by atoms with Gasteiger partial charge in [-0.25, -0.2) is 0 Å². The summed E-state index contributed by atoms with van der Waals surface area (Å²) in [6, 6.07) is 10.2. The quantitative estimate of drug-likeness (QED) is 0.874. The van der Waals surface area contributed by atoms with Crippen LogP contribution < -0.4 is 4.90 Å². The molecule has 0 bridgehead atoms. The Morgan fingerprint density at radius 3 is 2.83 bits per heavy atom. The van der Waals surface area contributed by atoms with Crippen LogP contribution in [-0.4, -0.2) is 42.6 Å². The highest BCUT2D eigenvalue weighted by Gasteiger charge is 2.33. The third-order valence-corrected chi connectivity index (χ3v) is 4.84. The molecule has 2 aromatic rings. The lowest BCUT2D eigenvalue weighted by Gasteiger charge is -2.37. The Bertz CT molecular complexity index is 733. The predicted octanol–water partition coefficient (Wildman–Crippen LogP) is 2.69. The molecule has 0 radical (unpaired) electrons. The topological polar surface area (TPSA) is 49.6 Å². The molecule has 1 fully saturated rings. The standard InChI is InChI=1S/C18H21N3O2/c1-20(2)14-9-13-5-3-4-6-16(13)21(11-14)18(22)17-10-15(19-23-17)12-7-8-12/h3-6,10,12,14H,7-9,11H2,1-2H3. The number of nitrogens with zero attached hydrogens (tertiary/aromatic N) is 3. The number of aromatic nitrogens is 1. The summed E-state index contributed by atoms with van der Waals surface area (Å²) in [5.41, 5.74) is 3.11. The van der Waals surface area contributed by atoms with Crippen LogP contribution in [0.4, 0.5) is 5.69 Å². The summed E-state index contributed by atoms with van der Waals surface area (Å²) in [7, 11) is 4.11. The van der Waals surface area contributed by atoms with Crippen LogP contribution in [0.1, 0.15) is 40.6 Å². The molecule has 0 N–H and O–H groups in total. The Morgan fingerprint density at radius 1 is 1.30 bits per heavy atom. The first-order chi connectivity index (χ1) is 11.1. The molecule has 1 amide bonds. The maximum atomic E-state index is 13.0. The van der Waals surface area contributed by atoms with Gasteiger partial charge in [-0.05, 0) is 45.0 Å². The van der Waals surface area contributed by atoms with E-state index >= 15 is 0 Å². The molecule has 1 aliphatic carbocycles. The van der Waals surface area contributed by atoms with E-state index in [1.54, 1.807) is 0 Å². The van der Waals surface area contributed by atoms with E-state index in [9.17, 15) is 4.79 Å². The van der Waals surface area contributed by atoms with Gasteiger partial charge >= 0.3 is 0 Å². The van der Waals surface area contributed by atoms with Gasteiger partial charge in [-0.3, -0.25) is 4.79 Å². The molecule has 1 unspecified atom stereocenters. The lowest BCUT2D eigenvalue weighted by molar-refractivity contribution is 0.0940. The number of carbonyl (C=O) groups excluding carboxylic acids is 1. The first kappa shape index (κ1) is 14.5. The van der Waals surface area contributed by atoms with E-state index in [2.05, 4.69) is 30.2 Å². The van der Waals surface area contributed by atoms with Crippen molar-refractivity contribution in [3.63, 3.8) is 0 Å². The van der Waals surface area contributed by atoms with Gasteiger partial charge in [0.2, 0.25) is 5.76 Å². The Balaban J connectivity index is 1.66. The van der Waals surface area contributed by atoms with Gasteiger partial charge in [0.1, 0.15) is 0 Å². The van der Waals surface area contributed by atoms with E-state index in [1.807, 2.05) is 29.2 Å². The monoisotopic (exact) mass is 311 g/mol. The summed E-state index contributed by atoms with van der Waals surface area (Å²) in [4.78, 5) is 17.0. The molecule has 4 rings (SSSR count). The molecule has 2 aliphatic rings. The van der Waals surface area contributed by atoms with Crippen LogP contribution >= 0.6 is 0 Å². The molecule has 1 aromatic heterocycles. The van der Waals surface area contributed by atoms with E-state index in [0.717, 1.165) is 30.6 Å². The minimum Gasteiger partial charge on any atom is -0.351 e. The van der Waals surface area contributed by atoms with Crippen molar-refractivity contribution < 1.29 is 9.32 Å². The zero-order valence-corrected chi connectivity index (χ0v) is 13.5. The number of para-hydroxylation sites is 1. The van der Waals surface area contributed by atoms with Crippen molar-refractivity contribution in [3.8, 4) is 0 Å². The Kier molecular flexibility index (Phi) is 3.45. The van der Waals surface area contributed by atoms with Crippen LogP contribution in [0, 0.1) is 0 Å². The fraction of sp³-hybridized carbons (Fsp3) is 0.444. The molecule has 0 spiro atoms. The van der Waals surface area contributed by atoms with Crippen molar-refractivity contribution in [2.24, 2.45) is 0 Å². The van der Waals surface area contributed by atoms with Gasteiger partial charge in [0.15, 0.2) is 0 Å². The molecule has 120 valence electrons. The van der Waals surface area contributed by atoms with Crippen molar-refractivity contribution >= 4 is 11.6 Å². The van der Waals surface area contributed by atoms with E-state index in [0.29, 0.717) is 24.3 Å². The van der Waals surface area contributed by atoms with E-state index in [-0.39, 0.29) is 5.91 Å². The smallest absolute Gasteiger partial charge is 0.296 e. The number of amides is 1. The lowest BCUT2D eigenvalue weighted by Crippen LogP contribution is -2.48. The minimum atomic E-state index is -0.0941. The third kappa shape index (κ3) is 2.65. The number of anilines is 1. The van der Waals surface area contributed by atoms with Gasteiger partial charge in [-0.15, -0.1) is 0 Å². The molecule has 1 saturated carbocycles.